The van der Waals surface area contributed by atoms with Crippen LogP contribution in [0.5, 0.6) is 23.0 Å². The summed E-state index contributed by atoms with van der Waals surface area (Å²) in [6, 6.07) is 10.8. The fourth-order valence-corrected chi connectivity index (χ4v) is 3.34. The number of benzene rings is 2. The van der Waals surface area contributed by atoms with Gasteiger partial charge in [0, 0.05) is 18.7 Å². The Morgan fingerprint density at radius 2 is 1.81 bits per heavy atom. The van der Waals surface area contributed by atoms with Crippen molar-refractivity contribution in [2.24, 2.45) is 0 Å². The van der Waals surface area contributed by atoms with Gasteiger partial charge in [-0.05, 0) is 62.6 Å². The van der Waals surface area contributed by atoms with Crippen molar-refractivity contribution < 1.29 is 28.5 Å². The van der Waals surface area contributed by atoms with Crippen molar-refractivity contribution in [2.45, 2.75) is 45.4 Å². The first-order valence-corrected chi connectivity index (χ1v) is 10.5. The zero-order chi connectivity index (χ0) is 22.2. The molecule has 0 aromatic heterocycles. The zero-order valence-corrected chi connectivity index (χ0v) is 18.6. The maximum atomic E-state index is 12.6. The summed E-state index contributed by atoms with van der Waals surface area (Å²) in [5, 5.41) is 2.92. The van der Waals surface area contributed by atoms with Gasteiger partial charge in [-0.25, -0.2) is 0 Å². The molecule has 168 valence electrons. The summed E-state index contributed by atoms with van der Waals surface area (Å²) >= 11 is 0. The van der Waals surface area contributed by atoms with Gasteiger partial charge in [0.15, 0.2) is 23.0 Å². The number of carbonyl (C=O) groups excluding carboxylic acids is 1. The van der Waals surface area contributed by atoms with E-state index in [4.69, 9.17) is 23.7 Å². The van der Waals surface area contributed by atoms with E-state index in [1.54, 1.807) is 32.4 Å². The number of rotatable bonds is 10. The molecule has 0 aliphatic carbocycles. The Labute approximate surface area is 183 Å². The van der Waals surface area contributed by atoms with E-state index in [9.17, 15) is 4.79 Å². The topological polar surface area (TPSA) is 75.3 Å². The summed E-state index contributed by atoms with van der Waals surface area (Å²) in [7, 11) is 3.16. The minimum Gasteiger partial charge on any atom is -0.493 e. The SMILES string of the molecule is COc1cc(CNC(=O)c2ccc(OC(C)C)c(OC)c2)ccc1OCC1CCCO1. The molecule has 1 aliphatic heterocycles. The van der Waals surface area contributed by atoms with E-state index in [2.05, 4.69) is 5.32 Å². The summed E-state index contributed by atoms with van der Waals surface area (Å²) in [5.41, 5.74) is 1.40. The van der Waals surface area contributed by atoms with Gasteiger partial charge in [0.2, 0.25) is 0 Å². The molecule has 1 saturated heterocycles. The van der Waals surface area contributed by atoms with Crippen LogP contribution in [-0.4, -0.2) is 45.5 Å². The minimum atomic E-state index is -0.202. The van der Waals surface area contributed by atoms with Crippen molar-refractivity contribution in [3.05, 3.63) is 47.5 Å². The van der Waals surface area contributed by atoms with E-state index in [-0.39, 0.29) is 18.1 Å². The van der Waals surface area contributed by atoms with Gasteiger partial charge in [0.25, 0.3) is 5.91 Å². The third kappa shape index (κ3) is 6.28. The molecule has 0 bridgehead atoms. The first kappa shape index (κ1) is 22.7. The van der Waals surface area contributed by atoms with Crippen LogP contribution in [-0.2, 0) is 11.3 Å². The molecule has 1 unspecified atom stereocenters. The second-order valence-electron chi connectivity index (χ2n) is 7.65. The van der Waals surface area contributed by atoms with Crippen LogP contribution in [0.1, 0.15) is 42.6 Å². The predicted octanol–water partition coefficient (Wildman–Crippen LogP) is 3.98. The van der Waals surface area contributed by atoms with Crippen molar-refractivity contribution in [3.8, 4) is 23.0 Å². The highest BCUT2D eigenvalue weighted by atomic mass is 16.5. The predicted molar refractivity (Wildman–Crippen MR) is 117 cm³/mol. The molecule has 0 radical (unpaired) electrons. The molecule has 1 fully saturated rings. The van der Waals surface area contributed by atoms with Crippen LogP contribution in [0.25, 0.3) is 0 Å². The van der Waals surface area contributed by atoms with Gasteiger partial charge >= 0.3 is 0 Å². The van der Waals surface area contributed by atoms with Crippen LogP contribution >= 0.6 is 0 Å². The van der Waals surface area contributed by atoms with E-state index >= 15 is 0 Å². The molecule has 2 aromatic carbocycles. The van der Waals surface area contributed by atoms with Gasteiger partial charge in [-0.15, -0.1) is 0 Å². The average molecular weight is 430 g/mol. The average Bonchev–Trinajstić information content (AvgIpc) is 3.29. The number of carbonyl (C=O) groups is 1. The Morgan fingerprint density at radius 1 is 1.06 bits per heavy atom. The zero-order valence-electron chi connectivity index (χ0n) is 18.6. The molecule has 7 nitrogen and oxygen atoms in total. The molecule has 1 heterocycles. The second-order valence-corrected chi connectivity index (χ2v) is 7.65. The molecule has 1 aliphatic rings. The number of methoxy groups -OCH3 is 2. The number of ether oxygens (including phenoxy) is 5. The van der Waals surface area contributed by atoms with Crippen LogP contribution in [0.2, 0.25) is 0 Å². The van der Waals surface area contributed by atoms with Crippen molar-refractivity contribution in [1.29, 1.82) is 0 Å². The van der Waals surface area contributed by atoms with Crippen LogP contribution in [0, 0.1) is 0 Å². The van der Waals surface area contributed by atoms with Gasteiger partial charge in [-0.3, -0.25) is 4.79 Å². The fourth-order valence-electron chi connectivity index (χ4n) is 3.34. The molecule has 0 spiro atoms. The normalized spacial score (nSPS) is 15.6. The fraction of sp³-hybridized carbons (Fsp3) is 0.458. The van der Waals surface area contributed by atoms with Gasteiger partial charge < -0.3 is 29.0 Å². The number of amides is 1. The Hall–Kier alpha value is -2.93. The Kier molecular flexibility index (Phi) is 8.00. The summed E-state index contributed by atoms with van der Waals surface area (Å²) in [5.74, 6) is 2.22. The Bertz CT molecular complexity index is 876. The minimum absolute atomic E-state index is 0.0150. The molecule has 1 N–H and O–H groups in total. The van der Waals surface area contributed by atoms with Crippen molar-refractivity contribution >= 4 is 5.91 Å². The van der Waals surface area contributed by atoms with Crippen LogP contribution in [0.15, 0.2) is 36.4 Å². The summed E-state index contributed by atoms with van der Waals surface area (Å²) in [6.07, 6.45) is 2.24. The number of nitrogens with one attached hydrogen (secondary N) is 1. The molecule has 3 rings (SSSR count). The highest BCUT2D eigenvalue weighted by Crippen LogP contribution is 2.30. The van der Waals surface area contributed by atoms with Crippen LogP contribution < -0.4 is 24.3 Å². The van der Waals surface area contributed by atoms with Gasteiger partial charge in [-0.2, -0.15) is 0 Å². The van der Waals surface area contributed by atoms with E-state index in [1.165, 1.54) is 0 Å². The lowest BCUT2D eigenvalue weighted by molar-refractivity contribution is 0.0669. The lowest BCUT2D eigenvalue weighted by Crippen LogP contribution is -2.23. The first-order chi connectivity index (χ1) is 15.0. The lowest BCUT2D eigenvalue weighted by atomic mass is 10.1. The lowest BCUT2D eigenvalue weighted by Gasteiger charge is -2.16. The molecule has 0 saturated carbocycles. The summed E-state index contributed by atoms with van der Waals surface area (Å²) in [6.45, 7) is 5.53. The van der Waals surface area contributed by atoms with Crippen molar-refractivity contribution in [2.75, 3.05) is 27.4 Å². The largest absolute Gasteiger partial charge is 0.493 e. The monoisotopic (exact) mass is 429 g/mol. The third-order valence-electron chi connectivity index (χ3n) is 4.92. The molecular formula is C24H31NO6. The van der Waals surface area contributed by atoms with E-state index in [0.29, 0.717) is 41.7 Å². The third-order valence-corrected chi connectivity index (χ3v) is 4.92. The van der Waals surface area contributed by atoms with E-state index < -0.39 is 0 Å². The standard InChI is InChI=1S/C24H31NO6/c1-16(2)31-21-10-8-18(13-23(21)28-4)24(26)25-14-17-7-9-20(22(12-17)27-3)30-15-19-6-5-11-29-19/h7-10,12-13,16,19H,5-6,11,14-15H2,1-4H3,(H,25,26). The Morgan fingerprint density at radius 3 is 2.48 bits per heavy atom. The highest BCUT2D eigenvalue weighted by molar-refractivity contribution is 5.94. The number of hydrogen-bond acceptors (Lipinski definition) is 6. The molecule has 2 aromatic rings. The molecule has 1 amide bonds. The molecule has 1 atom stereocenters. The van der Waals surface area contributed by atoms with Crippen molar-refractivity contribution in [3.63, 3.8) is 0 Å². The van der Waals surface area contributed by atoms with E-state index in [1.807, 2.05) is 32.0 Å². The summed E-state index contributed by atoms with van der Waals surface area (Å²) < 4.78 is 28.0. The van der Waals surface area contributed by atoms with E-state index in [0.717, 1.165) is 25.0 Å². The van der Waals surface area contributed by atoms with Crippen LogP contribution in [0.3, 0.4) is 0 Å². The second kappa shape index (κ2) is 10.9. The van der Waals surface area contributed by atoms with Gasteiger partial charge in [0.1, 0.15) is 6.61 Å². The van der Waals surface area contributed by atoms with Gasteiger partial charge in [0.05, 0.1) is 26.4 Å². The number of hydrogen-bond donors (Lipinski definition) is 1. The highest BCUT2D eigenvalue weighted by Gasteiger charge is 2.17. The maximum absolute atomic E-state index is 12.6. The Balaban J connectivity index is 1.60. The smallest absolute Gasteiger partial charge is 0.251 e. The molecule has 31 heavy (non-hydrogen) atoms. The quantitative estimate of drug-likeness (QED) is 0.616. The molecular weight excluding hydrogens is 398 g/mol. The van der Waals surface area contributed by atoms with Gasteiger partial charge in [-0.1, -0.05) is 6.07 Å². The maximum Gasteiger partial charge on any atom is 0.251 e. The summed E-state index contributed by atoms with van der Waals surface area (Å²) in [4.78, 5) is 12.6. The first-order valence-electron chi connectivity index (χ1n) is 10.5. The molecule has 7 heteroatoms. The van der Waals surface area contributed by atoms with Crippen molar-refractivity contribution in [1.82, 2.24) is 5.32 Å². The van der Waals surface area contributed by atoms with Crippen LogP contribution in [0.4, 0.5) is 0 Å².